The van der Waals surface area contributed by atoms with Crippen molar-refractivity contribution in [3.63, 3.8) is 0 Å². The second-order valence-corrected chi connectivity index (χ2v) is 8.75. The summed E-state index contributed by atoms with van der Waals surface area (Å²) in [6.45, 7) is 7.01. The SMILES string of the molecule is Cc1cc(C)cc(-c2nnc(SCC(=O)N3CCN(c4cccc(Cl)c4)CC3)o2)c1. The van der Waals surface area contributed by atoms with Crippen molar-refractivity contribution in [1.29, 1.82) is 0 Å². The van der Waals surface area contributed by atoms with Crippen molar-refractivity contribution in [2.24, 2.45) is 0 Å². The van der Waals surface area contributed by atoms with E-state index in [9.17, 15) is 4.79 Å². The zero-order chi connectivity index (χ0) is 21.1. The molecule has 156 valence electrons. The van der Waals surface area contributed by atoms with E-state index in [0.29, 0.717) is 24.2 Å². The van der Waals surface area contributed by atoms with Crippen LogP contribution in [0.2, 0.25) is 5.02 Å². The van der Waals surface area contributed by atoms with Crippen molar-refractivity contribution < 1.29 is 9.21 Å². The van der Waals surface area contributed by atoms with Crippen LogP contribution in [0.4, 0.5) is 5.69 Å². The van der Waals surface area contributed by atoms with Gasteiger partial charge in [-0.05, 0) is 44.2 Å². The van der Waals surface area contributed by atoms with Crippen LogP contribution in [-0.4, -0.2) is 52.9 Å². The third-order valence-electron chi connectivity index (χ3n) is 5.00. The van der Waals surface area contributed by atoms with Crippen molar-refractivity contribution in [1.82, 2.24) is 15.1 Å². The fourth-order valence-corrected chi connectivity index (χ4v) is 4.44. The van der Waals surface area contributed by atoms with E-state index in [1.807, 2.05) is 55.1 Å². The fourth-order valence-electron chi connectivity index (χ4n) is 3.58. The van der Waals surface area contributed by atoms with Crippen LogP contribution < -0.4 is 4.90 Å². The number of piperazine rings is 1. The number of benzene rings is 2. The summed E-state index contributed by atoms with van der Waals surface area (Å²) in [6.07, 6.45) is 0. The summed E-state index contributed by atoms with van der Waals surface area (Å²) in [5, 5.41) is 9.35. The minimum absolute atomic E-state index is 0.0805. The third-order valence-corrected chi connectivity index (χ3v) is 6.04. The van der Waals surface area contributed by atoms with Crippen LogP contribution in [0, 0.1) is 13.8 Å². The zero-order valence-corrected chi connectivity index (χ0v) is 18.5. The monoisotopic (exact) mass is 442 g/mol. The van der Waals surface area contributed by atoms with Gasteiger partial charge in [-0.1, -0.05) is 46.6 Å². The van der Waals surface area contributed by atoms with E-state index in [4.69, 9.17) is 16.0 Å². The normalized spacial score (nSPS) is 14.2. The molecule has 1 aliphatic heterocycles. The molecule has 1 saturated heterocycles. The van der Waals surface area contributed by atoms with Gasteiger partial charge in [-0.3, -0.25) is 4.79 Å². The van der Waals surface area contributed by atoms with Crippen LogP contribution in [0.3, 0.4) is 0 Å². The van der Waals surface area contributed by atoms with E-state index in [0.717, 1.165) is 40.5 Å². The highest BCUT2D eigenvalue weighted by Gasteiger charge is 2.22. The number of rotatable bonds is 5. The third kappa shape index (κ3) is 4.96. The summed E-state index contributed by atoms with van der Waals surface area (Å²) >= 11 is 7.37. The van der Waals surface area contributed by atoms with Gasteiger partial charge in [0, 0.05) is 42.5 Å². The van der Waals surface area contributed by atoms with E-state index in [1.54, 1.807) is 0 Å². The standard InChI is InChI=1S/C22H23ClN4O2S/c1-15-10-16(2)12-17(11-15)21-24-25-22(29-21)30-14-20(28)27-8-6-26(7-9-27)19-5-3-4-18(23)13-19/h3-5,10-13H,6-9,14H2,1-2H3. The summed E-state index contributed by atoms with van der Waals surface area (Å²) in [4.78, 5) is 16.7. The fraction of sp³-hybridized carbons (Fsp3) is 0.318. The highest BCUT2D eigenvalue weighted by molar-refractivity contribution is 7.99. The molecule has 3 aromatic rings. The molecule has 1 fully saturated rings. The van der Waals surface area contributed by atoms with Gasteiger partial charge in [0.2, 0.25) is 11.8 Å². The summed E-state index contributed by atoms with van der Waals surface area (Å²) in [7, 11) is 0. The van der Waals surface area contributed by atoms with Gasteiger partial charge in [-0.2, -0.15) is 0 Å². The number of aromatic nitrogens is 2. The quantitative estimate of drug-likeness (QED) is 0.544. The topological polar surface area (TPSA) is 62.5 Å². The van der Waals surface area contributed by atoms with E-state index < -0.39 is 0 Å². The maximum absolute atomic E-state index is 12.6. The molecule has 2 heterocycles. The summed E-state index contributed by atoms with van der Waals surface area (Å²) in [5.74, 6) is 0.842. The molecule has 6 nitrogen and oxygen atoms in total. The number of nitrogens with zero attached hydrogens (tertiary/aromatic N) is 4. The van der Waals surface area contributed by atoms with Crippen molar-refractivity contribution in [2.45, 2.75) is 19.1 Å². The van der Waals surface area contributed by atoms with E-state index >= 15 is 0 Å². The number of thioether (sulfide) groups is 1. The number of hydrogen-bond acceptors (Lipinski definition) is 6. The lowest BCUT2D eigenvalue weighted by Gasteiger charge is -2.36. The van der Waals surface area contributed by atoms with Gasteiger partial charge in [-0.25, -0.2) is 0 Å². The average molecular weight is 443 g/mol. The molecule has 0 N–H and O–H groups in total. The van der Waals surface area contributed by atoms with Gasteiger partial charge < -0.3 is 14.2 Å². The molecule has 1 aromatic heterocycles. The Bertz CT molecular complexity index is 1030. The van der Waals surface area contributed by atoms with Crippen LogP contribution >= 0.6 is 23.4 Å². The Kier molecular flexibility index (Phi) is 6.29. The van der Waals surface area contributed by atoms with Crippen molar-refractivity contribution in [3.8, 4) is 11.5 Å². The maximum atomic E-state index is 12.6. The van der Waals surface area contributed by atoms with Crippen LogP contribution in [0.15, 0.2) is 52.1 Å². The molecule has 2 aromatic carbocycles. The number of carbonyl (C=O) groups excluding carboxylic acids is 1. The Morgan fingerprint density at radius 1 is 1.07 bits per heavy atom. The second kappa shape index (κ2) is 9.10. The van der Waals surface area contributed by atoms with E-state index in [1.165, 1.54) is 11.8 Å². The molecule has 0 atom stereocenters. The Balaban J connectivity index is 1.30. The second-order valence-electron chi connectivity index (χ2n) is 7.39. The van der Waals surface area contributed by atoms with E-state index in [2.05, 4.69) is 21.2 Å². The first kappa shape index (κ1) is 20.8. The summed E-state index contributed by atoms with van der Waals surface area (Å²) < 4.78 is 5.75. The summed E-state index contributed by atoms with van der Waals surface area (Å²) in [5.41, 5.74) is 4.28. The molecular weight excluding hydrogens is 420 g/mol. The van der Waals surface area contributed by atoms with Crippen molar-refractivity contribution >= 4 is 35.0 Å². The van der Waals surface area contributed by atoms with Crippen LogP contribution in [0.25, 0.3) is 11.5 Å². The number of halogens is 1. The molecule has 0 radical (unpaired) electrons. The molecule has 0 bridgehead atoms. The molecule has 0 aliphatic carbocycles. The maximum Gasteiger partial charge on any atom is 0.277 e. The van der Waals surface area contributed by atoms with Gasteiger partial charge in [0.15, 0.2) is 0 Å². The molecule has 4 rings (SSSR count). The Morgan fingerprint density at radius 2 is 1.80 bits per heavy atom. The Morgan fingerprint density at radius 3 is 2.50 bits per heavy atom. The lowest BCUT2D eigenvalue weighted by Crippen LogP contribution is -2.49. The molecule has 8 heteroatoms. The molecule has 30 heavy (non-hydrogen) atoms. The summed E-state index contributed by atoms with van der Waals surface area (Å²) in [6, 6.07) is 13.9. The van der Waals surface area contributed by atoms with Gasteiger partial charge >= 0.3 is 0 Å². The predicted molar refractivity (Wildman–Crippen MR) is 120 cm³/mol. The smallest absolute Gasteiger partial charge is 0.277 e. The largest absolute Gasteiger partial charge is 0.411 e. The number of carbonyl (C=O) groups is 1. The average Bonchev–Trinajstić information content (AvgIpc) is 3.21. The first-order chi connectivity index (χ1) is 14.5. The molecule has 1 aliphatic rings. The minimum Gasteiger partial charge on any atom is -0.411 e. The molecule has 1 amide bonds. The van der Waals surface area contributed by atoms with E-state index in [-0.39, 0.29) is 11.7 Å². The highest BCUT2D eigenvalue weighted by Crippen LogP contribution is 2.25. The Labute approximate surface area is 185 Å². The first-order valence-electron chi connectivity index (χ1n) is 9.81. The minimum atomic E-state index is 0.0805. The molecule has 0 saturated carbocycles. The van der Waals surface area contributed by atoms with Gasteiger partial charge in [0.25, 0.3) is 5.22 Å². The van der Waals surface area contributed by atoms with Gasteiger partial charge in [0.1, 0.15) is 0 Å². The number of anilines is 1. The van der Waals surface area contributed by atoms with Crippen molar-refractivity contribution in [2.75, 3.05) is 36.8 Å². The molecular formula is C22H23ClN4O2S. The predicted octanol–water partition coefficient (Wildman–Crippen LogP) is 4.45. The van der Waals surface area contributed by atoms with Crippen LogP contribution in [0.1, 0.15) is 11.1 Å². The molecule has 0 unspecified atom stereocenters. The van der Waals surface area contributed by atoms with Crippen molar-refractivity contribution in [3.05, 3.63) is 58.6 Å². The zero-order valence-electron chi connectivity index (χ0n) is 17.0. The number of hydrogen-bond donors (Lipinski definition) is 0. The lowest BCUT2D eigenvalue weighted by molar-refractivity contribution is -0.128. The number of aryl methyl sites for hydroxylation is 2. The Hall–Kier alpha value is -2.51. The molecule has 0 spiro atoms. The lowest BCUT2D eigenvalue weighted by atomic mass is 10.1. The van der Waals surface area contributed by atoms with Crippen LogP contribution in [0.5, 0.6) is 0 Å². The van der Waals surface area contributed by atoms with Crippen LogP contribution in [-0.2, 0) is 4.79 Å². The highest BCUT2D eigenvalue weighted by atomic mass is 35.5. The van der Waals surface area contributed by atoms with Gasteiger partial charge in [0.05, 0.1) is 5.75 Å². The first-order valence-corrected chi connectivity index (χ1v) is 11.2. The van der Waals surface area contributed by atoms with Gasteiger partial charge in [-0.15, -0.1) is 10.2 Å². The number of amides is 1.